The number of hydrogen-bond donors (Lipinski definition) is 2. The highest BCUT2D eigenvalue weighted by molar-refractivity contribution is 5.94. The molecule has 1 unspecified atom stereocenters. The summed E-state index contributed by atoms with van der Waals surface area (Å²) in [6, 6.07) is 8.06. The lowest BCUT2D eigenvalue weighted by Crippen LogP contribution is -2.20. The van der Waals surface area contributed by atoms with E-state index < -0.39 is 0 Å². The molecular formula is C14H20N2O2. The topological polar surface area (TPSA) is 50.4 Å². The van der Waals surface area contributed by atoms with E-state index in [0.29, 0.717) is 11.6 Å². The van der Waals surface area contributed by atoms with Crippen LogP contribution in [0.3, 0.4) is 0 Å². The maximum atomic E-state index is 11.4. The van der Waals surface area contributed by atoms with E-state index in [-0.39, 0.29) is 5.91 Å². The van der Waals surface area contributed by atoms with Gasteiger partial charge < -0.3 is 15.4 Å². The van der Waals surface area contributed by atoms with Crippen molar-refractivity contribution in [1.29, 1.82) is 0 Å². The molecule has 1 aromatic rings. The number of amides is 1. The molecule has 2 N–H and O–H groups in total. The first-order chi connectivity index (χ1) is 8.79. The Morgan fingerprint density at radius 3 is 2.72 bits per heavy atom. The van der Waals surface area contributed by atoms with Crippen molar-refractivity contribution in [2.45, 2.75) is 25.3 Å². The van der Waals surface area contributed by atoms with Gasteiger partial charge in [0, 0.05) is 37.6 Å². The lowest BCUT2D eigenvalue weighted by molar-refractivity contribution is 0.0963. The molecule has 2 rings (SSSR count). The standard InChI is InChI=1S/C14H20N2O2/c1-15-14(17)11-4-6-13(7-5-11)16-12-3-2-9-18-10-8-12/h4-7,12,16H,2-3,8-10H2,1H3,(H,15,17). The molecule has 0 aliphatic carbocycles. The summed E-state index contributed by atoms with van der Waals surface area (Å²) < 4.78 is 5.43. The molecular weight excluding hydrogens is 228 g/mol. The maximum Gasteiger partial charge on any atom is 0.251 e. The molecule has 1 aromatic carbocycles. The smallest absolute Gasteiger partial charge is 0.251 e. The Labute approximate surface area is 108 Å². The van der Waals surface area contributed by atoms with E-state index in [1.807, 2.05) is 24.3 Å². The number of benzene rings is 1. The summed E-state index contributed by atoms with van der Waals surface area (Å²) in [7, 11) is 1.64. The van der Waals surface area contributed by atoms with Gasteiger partial charge in [-0.2, -0.15) is 0 Å². The van der Waals surface area contributed by atoms with Gasteiger partial charge >= 0.3 is 0 Å². The SMILES string of the molecule is CNC(=O)c1ccc(NC2CCCOCC2)cc1. The summed E-state index contributed by atoms with van der Waals surface area (Å²) in [6.07, 6.45) is 3.28. The highest BCUT2D eigenvalue weighted by Gasteiger charge is 2.12. The summed E-state index contributed by atoms with van der Waals surface area (Å²) in [5.74, 6) is -0.0515. The molecule has 0 saturated carbocycles. The number of carbonyl (C=O) groups excluding carboxylic acids is 1. The third-order valence-electron chi connectivity index (χ3n) is 3.20. The van der Waals surface area contributed by atoms with Crippen LogP contribution in [0.2, 0.25) is 0 Å². The van der Waals surface area contributed by atoms with Gasteiger partial charge in [-0.1, -0.05) is 0 Å². The first kappa shape index (κ1) is 12.9. The van der Waals surface area contributed by atoms with Crippen LogP contribution < -0.4 is 10.6 Å². The summed E-state index contributed by atoms with van der Waals surface area (Å²) in [4.78, 5) is 11.4. The second-order valence-corrected chi connectivity index (χ2v) is 4.54. The Morgan fingerprint density at radius 2 is 2.00 bits per heavy atom. The second-order valence-electron chi connectivity index (χ2n) is 4.54. The minimum absolute atomic E-state index is 0.0515. The van der Waals surface area contributed by atoms with Crippen molar-refractivity contribution in [3.63, 3.8) is 0 Å². The van der Waals surface area contributed by atoms with Gasteiger partial charge in [-0.05, 0) is 43.5 Å². The Balaban J connectivity index is 1.94. The molecule has 1 heterocycles. The molecule has 1 amide bonds. The normalized spacial score (nSPS) is 19.9. The van der Waals surface area contributed by atoms with Crippen LogP contribution in [0.15, 0.2) is 24.3 Å². The Hall–Kier alpha value is -1.55. The minimum atomic E-state index is -0.0515. The molecule has 0 spiro atoms. The van der Waals surface area contributed by atoms with Crippen molar-refractivity contribution in [2.24, 2.45) is 0 Å². The number of nitrogens with one attached hydrogen (secondary N) is 2. The van der Waals surface area contributed by atoms with Gasteiger partial charge in [-0.3, -0.25) is 4.79 Å². The van der Waals surface area contributed by atoms with Crippen LogP contribution in [-0.4, -0.2) is 32.2 Å². The lowest BCUT2D eigenvalue weighted by atomic mass is 10.1. The van der Waals surface area contributed by atoms with Crippen LogP contribution in [-0.2, 0) is 4.74 Å². The molecule has 4 nitrogen and oxygen atoms in total. The van der Waals surface area contributed by atoms with Crippen LogP contribution in [0.25, 0.3) is 0 Å². The number of carbonyl (C=O) groups is 1. The van der Waals surface area contributed by atoms with E-state index in [0.717, 1.165) is 38.2 Å². The van der Waals surface area contributed by atoms with E-state index in [1.165, 1.54) is 0 Å². The van der Waals surface area contributed by atoms with Crippen LogP contribution in [0.5, 0.6) is 0 Å². The van der Waals surface area contributed by atoms with E-state index >= 15 is 0 Å². The predicted molar refractivity (Wildman–Crippen MR) is 71.9 cm³/mol. The summed E-state index contributed by atoms with van der Waals surface area (Å²) in [6.45, 7) is 1.70. The fourth-order valence-electron chi connectivity index (χ4n) is 2.15. The quantitative estimate of drug-likeness (QED) is 0.860. The highest BCUT2D eigenvalue weighted by atomic mass is 16.5. The molecule has 1 fully saturated rings. The minimum Gasteiger partial charge on any atom is -0.382 e. The molecule has 0 aromatic heterocycles. The average Bonchev–Trinajstić information content (AvgIpc) is 2.67. The molecule has 0 bridgehead atoms. The highest BCUT2D eigenvalue weighted by Crippen LogP contribution is 2.16. The van der Waals surface area contributed by atoms with E-state index in [4.69, 9.17) is 4.74 Å². The third kappa shape index (κ3) is 3.47. The lowest BCUT2D eigenvalue weighted by Gasteiger charge is -2.17. The molecule has 98 valence electrons. The van der Waals surface area contributed by atoms with Crippen LogP contribution in [0.1, 0.15) is 29.6 Å². The fraction of sp³-hybridized carbons (Fsp3) is 0.500. The zero-order valence-electron chi connectivity index (χ0n) is 10.7. The van der Waals surface area contributed by atoms with Gasteiger partial charge in [0.25, 0.3) is 5.91 Å². The Morgan fingerprint density at radius 1 is 1.22 bits per heavy atom. The first-order valence-corrected chi connectivity index (χ1v) is 6.46. The molecule has 1 saturated heterocycles. The zero-order valence-corrected chi connectivity index (χ0v) is 10.7. The van der Waals surface area contributed by atoms with Gasteiger partial charge in [0.1, 0.15) is 0 Å². The van der Waals surface area contributed by atoms with Crippen LogP contribution >= 0.6 is 0 Å². The molecule has 18 heavy (non-hydrogen) atoms. The van der Waals surface area contributed by atoms with Crippen molar-refractivity contribution in [3.8, 4) is 0 Å². The average molecular weight is 248 g/mol. The summed E-state index contributed by atoms with van der Waals surface area (Å²) in [5, 5.41) is 6.11. The van der Waals surface area contributed by atoms with Crippen molar-refractivity contribution < 1.29 is 9.53 Å². The van der Waals surface area contributed by atoms with Crippen molar-refractivity contribution >= 4 is 11.6 Å². The van der Waals surface area contributed by atoms with Crippen molar-refractivity contribution in [2.75, 3.05) is 25.6 Å². The fourth-order valence-corrected chi connectivity index (χ4v) is 2.15. The summed E-state index contributed by atoms with van der Waals surface area (Å²) >= 11 is 0. The number of rotatable bonds is 3. The largest absolute Gasteiger partial charge is 0.382 e. The zero-order chi connectivity index (χ0) is 12.8. The van der Waals surface area contributed by atoms with E-state index in [1.54, 1.807) is 7.05 Å². The Bertz CT molecular complexity index is 381. The van der Waals surface area contributed by atoms with E-state index in [9.17, 15) is 4.79 Å². The Kier molecular flexibility index (Phi) is 4.59. The first-order valence-electron chi connectivity index (χ1n) is 6.46. The predicted octanol–water partition coefficient (Wildman–Crippen LogP) is 2.03. The van der Waals surface area contributed by atoms with E-state index in [2.05, 4.69) is 10.6 Å². The molecule has 1 aliphatic rings. The number of hydrogen-bond acceptors (Lipinski definition) is 3. The molecule has 1 atom stereocenters. The van der Waals surface area contributed by atoms with Gasteiger partial charge in [0.05, 0.1) is 0 Å². The van der Waals surface area contributed by atoms with Crippen LogP contribution in [0, 0.1) is 0 Å². The maximum absolute atomic E-state index is 11.4. The monoisotopic (exact) mass is 248 g/mol. The van der Waals surface area contributed by atoms with Gasteiger partial charge in [0.2, 0.25) is 0 Å². The molecule has 0 radical (unpaired) electrons. The van der Waals surface area contributed by atoms with Crippen molar-refractivity contribution in [3.05, 3.63) is 29.8 Å². The van der Waals surface area contributed by atoms with Crippen LogP contribution in [0.4, 0.5) is 5.69 Å². The third-order valence-corrected chi connectivity index (χ3v) is 3.20. The summed E-state index contributed by atoms with van der Waals surface area (Å²) in [5.41, 5.74) is 1.75. The number of anilines is 1. The second kappa shape index (κ2) is 6.40. The van der Waals surface area contributed by atoms with Crippen molar-refractivity contribution in [1.82, 2.24) is 5.32 Å². The molecule has 1 aliphatic heterocycles. The van der Waals surface area contributed by atoms with Gasteiger partial charge in [-0.15, -0.1) is 0 Å². The number of ether oxygens (including phenoxy) is 1. The van der Waals surface area contributed by atoms with Gasteiger partial charge in [0.15, 0.2) is 0 Å². The van der Waals surface area contributed by atoms with Gasteiger partial charge in [-0.25, -0.2) is 0 Å². The molecule has 4 heteroatoms.